The minimum Gasteiger partial charge on any atom is -0.325 e. The van der Waals surface area contributed by atoms with Gasteiger partial charge in [0.15, 0.2) is 5.66 Å². The molecular weight excluding hydrogens is 446 g/mol. The van der Waals surface area contributed by atoms with Crippen LogP contribution in [0.1, 0.15) is 43.2 Å². The Hall–Kier alpha value is -1.92. The Labute approximate surface area is 184 Å². The molecule has 2 aromatic rings. The summed E-state index contributed by atoms with van der Waals surface area (Å²) in [5.41, 5.74) is 3.60. The van der Waals surface area contributed by atoms with Crippen LogP contribution in [-0.4, -0.2) is 28.1 Å². The predicted octanol–water partition coefficient (Wildman–Crippen LogP) is 5.99. The third-order valence-corrected chi connectivity index (χ3v) is 7.17. The number of amides is 1. The first kappa shape index (κ1) is 20.4. The first-order valence-corrected chi connectivity index (χ1v) is 11.8. The van der Waals surface area contributed by atoms with Gasteiger partial charge in [-0.2, -0.15) is 0 Å². The number of anilines is 1. The molecule has 2 aliphatic rings. The Kier molecular flexibility index (Phi) is 6.20. The van der Waals surface area contributed by atoms with Gasteiger partial charge in [0.05, 0.1) is 11.5 Å². The molecule has 1 saturated carbocycles. The van der Waals surface area contributed by atoms with Gasteiger partial charge in [-0.3, -0.25) is 9.79 Å². The number of nitrogens with zero attached hydrogens (tertiary/aromatic N) is 2. The monoisotopic (exact) mass is 469 g/mol. The summed E-state index contributed by atoms with van der Waals surface area (Å²) < 4.78 is 1.03. The number of hydrogen-bond donors (Lipinski definition) is 1. The van der Waals surface area contributed by atoms with Gasteiger partial charge in [0.2, 0.25) is 5.91 Å². The molecule has 0 unspecified atom stereocenters. The lowest BCUT2D eigenvalue weighted by atomic mass is 9.90. The number of carbonyl (C=O) groups is 1. The first-order valence-electron chi connectivity index (χ1n) is 9.99. The molecule has 1 amide bonds. The van der Waals surface area contributed by atoms with E-state index in [2.05, 4.69) is 33.4 Å². The van der Waals surface area contributed by atoms with Gasteiger partial charge >= 0.3 is 0 Å². The fraction of sp³-hybridized carbons (Fsp3) is 0.348. The largest absolute Gasteiger partial charge is 0.325 e. The van der Waals surface area contributed by atoms with Crippen molar-refractivity contribution in [1.82, 2.24) is 0 Å². The second-order valence-electron chi connectivity index (χ2n) is 7.59. The van der Waals surface area contributed by atoms with Crippen molar-refractivity contribution in [2.45, 2.75) is 44.7 Å². The lowest BCUT2D eigenvalue weighted by Crippen LogP contribution is -2.25. The summed E-state index contributed by atoms with van der Waals surface area (Å²) in [4.78, 5) is 22.6. The summed E-state index contributed by atoms with van der Waals surface area (Å²) in [6.07, 6.45) is 5.58. The maximum Gasteiger partial charge on any atom is 0.234 e. The molecule has 1 spiro atoms. The van der Waals surface area contributed by atoms with Crippen LogP contribution < -0.4 is 5.32 Å². The lowest BCUT2D eigenvalue weighted by Gasteiger charge is -2.27. The molecule has 0 bridgehead atoms. The normalized spacial score (nSPS) is 17.7. The van der Waals surface area contributed by atoms with Gasteiger partial charge in [0.1, 0.15) is 5.04 Å². The Bertz CT molecular complexity index is 965. The number of aliphatic imine (C=N–C) groups is 2. The van der Waals surface area contributed by atoms with Crippen LogP contribution in [0.25, 0.3) is 0 Å². The average molecular weight is 470 g/mol. The summed E-state index contributed by atoms with van der Waals surface area (Å²) in [7, 11) is 0. The minimum atomic E-state index is -0.314. The fourth-order valence-electron chi connectivity index (χ4n) is 3.80. The number of aryl methyl sites for hydroxylation is 1. The van der Waals surface area contributed by atoms with Crippen molar-refractivity contribution in [2.24, 2.45) is 9.98 Å². The molecule has 0 aromatic heterocycles. The third kappa shape index (κ3) is 4.81. The van der Waals surface area contributed by atoms with Crippen LogP contribution >= 0.6 is 27.7 Å². The van der Waals surface area contributed by atoms with Crippen molar-refractivity contribution in [2.75, 3.05) is 11.1 Å². The van der Waals surface area contributed by atoms with Crippen molar-refractivity contribution in [1.29, 1.82) is 0 Å². The van der Waals surface area contributed by atoms with E-state index in [-0.39, 0.29) is 11.6 Å². The topological polar surface area (TPSA) is 53.8 Å². The van der Waals surface area contributed by atoms with E-state index in [9.17, 15) is 4.79 Å². The minimum absolute atomic E-state index is 0.0311. The number of benzene rings is 2. The Morgan fingerprint density at radius 3 is 2.59 bits per heavy atom. The molecular formula is C23H24BrN3OS. The van der Waals surface area contributed by atoms with E-state index in [0.29, 0.717) is 5.75 Å². The molecule has 2 aromatic carbocycles. The van der Waals surface area contributed by atoms with Crippen LogP contribution in [0.4, 0.5) is 5.69 Å². The van der Waals surface area contributed by atoms with Gasteiger partial charge in [0.25, 0.3) is 0 Å². The summed E-state index contributed by atoms with van der Waals surface area (Å²) >= 11 is 4.98. The van der Waals surface area contributed by atoms with Crippen molar-refractivity contribution in [3.05, 3.63) is 64.1 Å². The smallest absolute Gasteiger partial charge is 0.234 e. The molecule has 1 heterocycles. The van der Waals surface area contributed by atoms with E-state index in [1.165, 1.54) is 18.2 Å². The SMILES string of the molecule is Cc1cc(NC(=O)CSC2=NC3(CCCCC3)N=C2c2ccccc2)ccc1Br. The molecule has 0 radical (unpaired) electrons. The van der Waals surface area contributed by atoms with E-state index in [1.807, 2.05) is 43.3 Å². The molecule has 1 fully saturated rings. The van der Waals surface area contributed by atoms with Crippen LogP contribution in [0.2, 0.25) is 0 Å². The van der Waals surface area contributed by atoms with E-state index in [0.717, 1.165) is 57.7 Å². The van der Waals surface area contributed by atoms with Crippen LogP contribution in [0.5, 0.6) is 0 Å². The Morgan fingerprint density at radius 2 is 1.86 bits per heavy atom. The Balaban J connectivity index is 1.48. The summed E-state index contributed by atoms with van der Waals surface area (Å²) in [5.74, 6) is 0.284. The number of rotatable bonds is 4. The lowest BCUT2D eigenvalue weighted by molar-refractivity contribution is -0.113. The van der Waals surface area contributed by atoms with Gasteiger partial charge in [-0.05, 0) is 56.4 Å². The van der Waals surface area contributed by atoms with Gasteiger partial charge in [-0.1, -0.05) is 64.4 Å². The van der Waals surface area contributed by atoms with Gasteiger partial charge in [-0.15, -0.1) is 0 Å². The molecule has 150 valence electrons. The summed E-state index contributed by atoms with van der Waals surface area (Å²) in [6.45, 7) is 2.01. The second kappa shape index (κ2) is 8.84. The number of carbonyl (C=O) groups excluding carboxylic acids is 1. The van der Waals surface area contributed by atoms with E-state index >= 15 is 0 Å². The molecule has 1 aliphatic heterocycles. The van der Waals surface area contributed by atoms with Gasteiger partial charge < -0.3 is 5.32 Å². The second-order valence-corrected chi connectivity index (χ2v) is 9.41. The zero-order valence-electron chi connectivity index (χ0n) is 16.5. The van der Waals surface area contributed by atoms with Crippen molar-refractivity contribution in [3.63, 3.8) is 0 Å². The summed E-state index contributed by atoms with van der Waals surface area (Å²) in [6, 6.07) is 16.0. The highest BCUT2D eigenvalue weighted by Gasteiger charge is 2.37. The number of thioether (sulfide) groups is 1. The van der Waals surface area contributed by atoms with Crippen molar-refractivity contribution in [3.8, 4) is 0 Å². The zero-order chi connectivity index (χ0) is 20.3. The predicted molar refractivity (Wildman–Crippen MR) is 126 cm³/mol. The Morgan fingerprint density at radius 1 is 1.10 bits per heavy atom. The maximum atomic E-state index is 12.5. The van der Waals surface area contributed by atoms with Crippen molar-refractivity contribution >= 4 is 50.0 Å². The van der Waals surface area contributed by atoms with Gasteiger partial charge in [0, 0.05) is 15.7 Å². The van der Waals surface area contributed by atoms with E-state index in [4.69, 9.17) is 9.98 Å². The number of nitrogens with one attached hydrogen (secondary N) is 1. The highest BCUT2D eigenvalue weighted by atomic mass is 79.9. The molecule has 4 rings (SSSR count). The molecule has 1 N–H and O–H groups in total. The number of halogens is 1. The quantitative estimate of drug-likeness (QED) is 0.597. The van der Waals surface area contributed by atoms with E-state index < -0.39 is 0 Å². The standard InChI is InChI=1S/C23H24BrN3OS/c1-16-14-18(10-11-19(16)24)25-20(28)15-29-22-21(17-8-4-2-5-9-17)26-23(27-22)12-6-3-7-13-23/h2,4-5,8-11,14H,3,6-7,12-13,15H2,1H3,(H,25,28). The molecule has 0 atom stereocenters. The van der Waals surface area contributed by atoms with Crippen LogP contribution in [0.15, 0.2) is 63.0 Å². The first-order chi connectivity index (χ1) is 14.0. The van der Waals surface area contributed by atoms with Gasteiger partial charge in [-0.25, -0.2) is 4.99 Å². The molecule has 6 heteroatoms. The average Bonchev–Trinajstić information content (AvgIpc) is 3.08. The maximum absolute atomic E-state index is 12.5. The van der Waals surface area contributed by atoms with E-state index in [1.54, 1.807) is 0 Å². The molecule has 4 nitrogen and oxygen atoms in total. The number of hydrogen-bond acceptors (Lipinski definition) is 4. The third-order valence-electron chi connectivity index (χ3n) is 5.32. The van der Waals surface area contributed by atoms with Crippen molar-refractivity contribution < 1.29 is 4.79 Å². The van der Waals surface area contributed by atoms with Crippen LogP contribution in [0.3, 0.4) is 0 Å². The van der Waals surface area contributed by atoms with Crippen LogP contribution in [0, 0.1) is 6.92 Å². The highest BCUT2D eigenvalue weighted by molar-refractivity contribution is 9.10. The highest BCUT2D eigenvalue weighted by Crippen LogP contribution is 2.38. The molecule has 29 heavy (non-hydrogen) atoms. The fourth-order valence-corrected chi connectivity index (χ4v) is 4.92. The van der Waals surface area contributed by atoms with Crippen LogP contribution in [-0.2, 0) is 4.79 Å². The summed E-state index contributed by atoms with van der Waals surface area (Å²) in [5, 5.41) is 3.87. The molecule has 1 aliphatic carbocycles. The molecule has 0 saturated heterocycles. The zero-order valence-corrected chi connectivity index (χ0v) is 18.9.